The summed E-state index contributed by atoms with van der Waals surface area (Å²) in [6.07, 6.45) is 2.82. The smallest absolute Gasteiger partial charge is 0.258 e. The molecule has 0 aliphatic carbocycles. The lowest BCUT2D eigenvalue weighted by Gasteiger charge is -2.24. The Morgan fingerprint density at radius 1 is 0.909 bits per heavy atom. The number of unbranched alkanes of at least 4 members (excludes halogenated alkanes) is 1. The summed E-state index contributed by atoms with van der Waals surface area (Å²) in [5.74, 6) is 0.811. The zero-order valence-corrected chi connectivity index (χ0v) is 20.4. The molecule has 0 spiro atoms. The molecule has 1 heterocycles. The molecule has 1 aromatic heterocycles. The SMILES string of the molecule is CCCCc1oc2ccccc2c1C(=O)N(CCOCCN(CC)CC)Cc1ccccc1. The lowest BCUT2D eigenvalue weighted by Crippen LogP contribution is -2.35. The van der Waals surface area contributed by atoms with E-state index in [1.807, 2.05) is 47.4 Å². The molecule has 0 bridgehead atoms. The van der Waals surface area contributed by atoms with Crippen molar-refractivity contribution in [2.75, 3.05) is 39.4 Å². The highest BCUT2D eigenvalue weighted by Gasteiger charge is 2.25. The Morgan fingerprint density at radius 2 is 1.61 bits per heavy atom. The highest BCUT2D eigenvalue weighted by Crippen LogP contribution is 2.29. The number of carbonyl (C=O) groups is 1. The van der Waals surface area contributed by atoms with Gasteiger partial charge in [0.2, 0.25) is 0 Å². The zero-order chi connectivity index (χ0) is 23.5. The van der Waals surface area contributed by atoms with Crippen LogP contribution in [0.3, 0.4) is 0 Å². The number of para-hydroxylation sites is 1. The summed E-state index contributed by atoms with van der Waals surface area (Å²) in [6, 6.07) is 18.0. The third-order valence-electron chi connectivity index (χ3n) is 6.09. The number of hydrogen-bond acceptors (Lipinski definition) is 4. The van der Waals surface area contributed by atoms with Crippen LogP contribution in [-0.2, 0) is 17.7 Å². The van der Waals surface area contributed by atoms with E-state index in [2.05, 4.69) is 37.8 Å². The third-order valence-corrected chi connectivity index (χ3v) is 6.09. The number of fused-ring (bicyclic) bond motifs is 1. The maximum absolute atomic E-state index is 13.9. The molecule has 0 unspecified atom stereocenters. The van der Waals surface area contributed by atoms with Gasteiger partial charge in [-0.1, -0.05) is 75.7 Å². The molecule has 0 radical (unpaired) electrons. The van der Waals surface area contributed by atoms with Crippen molar-refractivity contribution in [3.05, 3.63) is 71.5 Å². The predicted octanol–water partition coefficient (Wildman–Crippen LogP) is 5.78. The minimum Gasteiger partial charge on any atom is -0.460 e. The van der Waals surface area contributed by atoms with Gasteiger partial charge in [0.15, 0.2) is 0 Å². The van der Waals surface area contributed by atoms with Gasteiger partial charge in [0.05, 0.1) is 18.8 Å². The number of benzene rings is 2. The van der Waals surface area contributed by atoms with Crippen LogP contribution >= 0.6 is 0 Å². The first-order chi connectivity index (χ1) is 16.2. The lowest BCUT2D eigenvalue weighted by molar-refractivity contribution is 0.0588. The van der Waals surface area contributed by atoms with Gasteiger partial charge in [-0.3, -0.25) is 4.79 Å². The molecule has 1 amide bonds. The minimum absolute atomic E-state index is 0.0160. The van der Waals surface area contributed by atoms with Gasteiger partial charge < -0.3 is 19.0 Å². The topological polar surface area (TPSA) is 45.9 Å². The maximum atomic E-state index is 13.9. The summed E-state index contributed by atoms with van der Waals surface area (Å²) < 4.78 is 12.1. The summed E-state index contributed by atoms with van der Waals surface area (Å²) in [4.78, 5) is 18.1. The summed E-state index contributed by atoms with van der Waals surface area (Å²) in [5.41, 5.74) is 2.59. The first kappa shape index (κ1) is 25.0. The van der Waals surface area contributed by atoms with Gasteiger partial charge in [0, 0.05) is 31.4 Å². The molecule has 0 saturated heterocycles. The maximum Gasteiger partial charge on any atom is 0.258 e. The number of likely N-dealkylation sites (N-methyl/N-ethyl adjacent to an activating group) is 1. The van der Waals surface area contributed by atoms with Crippen LogP contribution in [-0.4, -0.2) is 55.1 Å². The summed E-state index contributed by atoms with van der Waals surface area (Å²) in [6.45, 7) is 11.7. The number of carbonyl (C=O) groups excluding carboxylic acids is 1. The van der Waals surface area contributed by atoms with E-state index in [0.717, 1.165) is 61.2 Å². The Kier molecular flexibility index (Phi) is 9.98. The molecular weight excluding hydrogens is 412 g/mol. The van der Waals surface area contributed by atoms with Crippen molar-refractivity contribution < 1.29 is 13.9 Å². The van der Waals surface area contributed by atoms with Crippen molar-refractivity contribution in [3.8, 4) is 0 Å². The van der Waals surface area contributed by atoms with Gasteiger partial charge in [0.25, 0.3) is 5.91 Å². The fourth-order valence-corrected chi connectivity index (χ4v) is 4.07. The normalized spacial score (nSPS) is 11.4. The highest BCUT2D eigenvalue weighted by atomic mass is 16.5. The largest absolute Gasteiger partial charge is 0.460 e. The fraction of sp³-hybridized carbons (Fsp3) is 0.464. The lowest BCUT2D eigenvalue weighted by atomic mass is 10.1. The van der Waals surface area contributed by atoms with Gasteiger partial charge >= 0.3 is 0 Å². The summed E-state index contributed by atoms with van der Waals surface area (Å²) in [5, 5.41) is 0.897. The average Bonchev–Trinajstić information content (AvgIpc) is 3.22. The molecule has 0 N–H and O–H groups in total. The van der Waals surface area contributed by atoms with Crippen molar-refractivity contribution in [1.29, 1.82) is 0 Å². The Bertz CT molecular complexity index is 979. The van der Waals surface area contributed by atoms with Crippen LogP contribution in [0.4, 0.5) is 0 Å². The van der Waals surface area contributed by atoms with E-state index in [1.165, 1.54) is 0 Å². The number of rotatable bonds is 14. The first-order valence-electron chi connectivity index (χ1n) is 12.3. The van der Waals surface area contributed by atoms with Gasteiger partial charge in [-0.25, -0.2) is 0 Å². The third kappa shape index (κ3) is 6.92. The van der Waals surface area contributed by atoms with Crippen LogP contribution in [0.2, 0.25) is 0 Å². The molecule has 33 heavy (non-hydrogen) atoms. The van der Waals surface area contributed by atoms with Gasteiger partial charge in [-0.2, -0.15) is 0 Å². The Morgan fingerprint density at radius 3 is 2.33 bits per heavy atom. The second kappa shape index (κ2) is 13.2. The van der Waals surface area contributed by atoms with Crippen molar-refractivity contribution in [2.45, 2.75) is 46.6 Å². The van der Waals surface area contributed by atoms with Crippen LogP contribution in [0.1, 0.15) is 55.3 Å². The quantitative estimate of drug-likeness (QED) is 0.292. The van der Waals surface area contributed by atoms with E-state index < -0.39 is 0 Å². The fourth-order valence-electron chi connectivity index (χ4n) is 4.07. The van der Waals surface area contributed by atoms with Crippen LogP contribution in [0.25, 0.3) is 11.0 Å². The van der Waals surface area contributed by atoms with Crippen LogP contribution in [0, 0.1) is 0 Å². The number of nitrogens with zero attached hydrogens (tertiary/aromatic N) is 2. The molecule has 3 rings (SSSR count). The molecule has 0 saturated carbocycles. The number of ether oxygens (including phenoxy) is 1. The van der Waals surface area contributed by atoms with E-state index in [-0.39, 0.29) is 5.91 Å². The Hall–Kier alpha value is -2.63. The minimum atomic E-state index is 0.0160. The molecule has 0 atom stereocenters. The van der Waals surface area contributed by atoms with E-state index in [9.17, 15) is 4.79 Å². The molecule has 178 valence electrons. The van der Waals surface area contributed by atoms with Crippen LogP contribution in [0.15, 0.2) is 59.0 Å². The molecule has 3 aromatic rings. The second-order valence-corrected chi connectivity index (χ2v) is 8.35. The predicted molar refractivity (Wildman–Crippen MR) is 135 cm³/mol. The molecule has 0 fully saturated rings. The zero-order valence-electron chi connectivity index (χ0n) is 20.4. The first-order valence-corrected chi connectivity index (χ1v) is 12.3. The van der Waals surface area contributed by atoms with Crippen molar-refractivity contribution in [1.82, 2.24) is 9.80 Å². The standard InChI is InChI=1S/C28H38N2O3/c1-4-7-16-26-27(24-15-11-12-17-25(24)33-26)28(31)30(22-23-13-9-8-10-14-23)19-21-32-20-18-29(5-2)6-3/h8-15,17H,4-7,16,18-22H2,1-3H3. The van der Waals surface area contributed by atoms with Gasteiger partial charge in [-0.15, -0.1) is 0 Å². The summed E-state index contributed by atoms with van der Waals surface area (Å²) in [7, 11) is 0. The molecule has 0 aliphatic rings. The average molecular weight is 451 g/mol. The number of furan rings is 1. The highest BCUT2D eigenvalue weighted by molar-refractivity contribution is 6.07. The molecule has 2 aromatic carbocycles. The van der Waals surface area contributed by atoms with E-state index in [1.54, 1.807) is 0 Å². The molecule has 0 aliphatic heterocycles. The Labute approximate surface area is 198 Å². The van der Waals surface area contributed by atoms with Gasteiger partial charge in [0.1, 0.15) is 11.3 Å². The molecule has 5 heteroatoms. The molecular formula is C28H38N2O3. The summed E-state index contributed by atoms with van der Waals surface area (Å²) >= 11 is 0. The van der Waals surface area contributed by atoms with E-state index in [0.29, 0.717) is 31.9 Å². The number of hydrogen-bond donors (Lipinski definition) is 0. The van der Waals surface area contributed by atoms with Crippen molar-refractivity contribution >= 4 is 16.9 Å². The number of amides is 1. The van der Waals surface area contributed by atoms with Crippen molar-refractivity contribution in [2.24, 2.45) is 0 Å². The van der Waals surface area contributed by atoms with E-state index in [4.69, 9.17) is 9.15 Å². The Balaban J connectivity index is 1.78. The van der Waals surface area contributed by atoms with Gasteiger partial charge in [-0.05, 0) is 31.1 Å². The van der Waals surface area contributed by atoms with E-state index >= 15 is 0 Å². The number of aryl methyl sites for hydroxylation is 1. The van der Waals surface area contributed by atoms with Crippen molar-refractivity contribution in [3.63, 3.8) is 0 Å². The van der Waals surface area contributed by atoms with Crippen LogP contribution < -0.4 is 0 Å². The second-order valence-electron chi connectivity index (χ2n) is 8.35. The monoisotopic (exact) mass is 450 g/mol. The molecule has 5 nitrogen and oxygen atoms in total. The van der Waals surface area contributed by atoms with Crippen LogP contribution in [0.5, 0.6) is 0 Å².